The molecule has 0 radical (unpaired) electrons. The lowest BCUT2D eigenvalue weighted by Crippen LogP contribution is -2.42. The van der Waals surface area contributed by atoms with Crippen LogP contribution in [0.4, 0.5) is 5.69 Å². The van der Waals surface area contributed by atoms with E-state index in [0.717, 1.165) is 0 Å². The van der Waals surface area contributed by atoms with Gasteiger partial charge in [0.2, 0.25) is 0 Å². The van der Waals surface area contributed by atoms with Crippen LogP contribution in [0.15, 0.2) is 17.0 Å². The summed E-state index contributed by atoms with van der Waals surface area (Å²) >= 11 is 1.29. The van der Waals surface area contributed by atoms with E-state index >= 15 is 0 Å². The topological polar surface area (TPSA) is 119 Å². The van der Waals surface area contributed by atoms with Crippen LogP contribution in [0.25, 0.3) is 0 Å². The zero-order chi connectivity index (χ0) is 19.2. The summed E-state index contributed by atoms with van der Waals surface area (Å²) in [5, 5.41) is 23.2. The highest BCUT2D eigenvalue weighted by Crippen LogP contribution is 2.34. The first-order valence-corrected chi connectivity index (χ1v) is 8.90. The van der Waals surface area contributed by atoms with Crippen molar-refractivity contribution in [2.45, 2.75) is 31.6 Å². The van der Waals surface area contributed by atoms with Crippen LogP contribution in [-0.2, 0) is 4.79 Å². The van der Waals surface area contributed by atoms with E-state index in [1.54, 1.807) is 20.1 Å². The lowest BCUT2D eigenvalue weighted by molar-refractivity contribution is -0.385. The molecule has 8 nitrogen and oxygen atoms in total. The Morgan fingerprint density at radius 3 is 2.36 bits per heavy atom. The second-order valence-electron chi connectivity index (χ2n) is 5.46. The van der Waals surface area contributed by atoms with Gasteiger partial charge < -0.3 is 15.2 Å². The number of methoxy groups -OCH3 is 1. The number of carbonyl (C=O) groups is 2. The van der Waals surface area contributed by atoms with Crippen molar-refractivity contribution in [3.05, 3.63) is 27.8 Å². The molecule has 0 unspecified atom stereocenters. The number of thioether (sulfide) groups is 1. The Morgan fingerprint density at radius 2 is 1.96 bits per heavy atom. The molecule has 0 aliphatic rings. The minimum absolute atomic E-state index is 0.105. The van der Waals surface area contributed by atoms with Gasteiger partial charge in [-0.3, -0.25) is 19.7 Å². The number of rotatable bonds is 9. The quantitative estimate of drug-likeness (QED) is 0.390. The van der Waals surface area contributed by atoms with Gasteiger partial charge >= 0.3 is 5.97 Å². The minimum atomic E-state index is -1.10. The van der Waals surface area contributed by atoms with Crippen molar-refractivity contribution in [3.8, 4) is 5.75 Å². The number of carboxylic acids is 1. The number of hydrogen-bond donors (Lipinski definition) is 2. The summed E-state index contributed by atoms with van der Waals surface area (Å²) in [6.45, 7) is 3.35. The summed E-state index contributed by atoms with van der Waals surface area (Å²) in [4.78, 5) is 35.2. The zero-order valence-electron chi connectivity index (χ0n) is 14.6. The van der Waals surface area contributed by atoms with Gasteiger partial charge in [-0.15, -0.1) is 11.8 Å². The van der Waals surface area contributed by atoms with Crippen molar-refractivity contribution >= 4 is 29.3 Å². The summed E-state index contributed by atoms with van der Waals surface area (Å²) in [6, 6.07) is 2.59. The lowest BCUT2D eigenvalue weighted by atomic mass is 9.82. The van der Waals surface area contributed by atoms with Crippen LogP contribution in [0.3, 0.4) is 0 Å². The summed E-state index contributed by atoms with van der Waals surface area (Å²) in [6.07, 6.45) is 2.43. The molecule has 0 heterocycles. The molecule has 0 atom stereocenters. The highest BCUT2D eigenvalue weighted by Gasteiger charge is 2.36. The van der Waals surface area contributed by atoms with Crippen LogP contribution < -0.4 is 10.1 Å². The number of benzene rings is 1. The fourth-order valence-corrected chi connectivity index (χ4v) is 3.00. The highest BCUT2D eigenvalue weighted by atomic mass is 32.2. The summed E-state index contributed by atoms with van der Waals surface area (Å²) in [7, 11) is 1.39. The van der Waals surface area contributed by atoms with Crippen LogP contribution in [0.5, 0.6) is 5.75 Å². The van der Waals surface area contributed by atoms with Crippen LogP contribution in [-0.4, -0.2) is 41.8 Å². The summed E-state index contributed by atoms with van der Waals surface area (Å²) < 4.78 is 5.11. The van der Waals surface area contributed by atoms with Crippen LogP contribution in [0.2, 0.25) is 0 Å². The third-order valence-electron chi connectivity index (χ3n) is 4.34. The first-order valence-electron chi connectivity index (χ1n) is 7.68. The van der Waals surface area contributed by atoms with Gasteiger partial charge in [-0.2, -0.15) is 0 Å². The first kappa shape index (κ1) is 20.8. The average molecular weight is 370 g/mol. The smallest absolute Gasteiger partial charge is 0.311 e. The Labute approximate surface area is 150 Å². The second kappa shape index (κ2) is 8.70. The van der Waals surface area contributed by atoms with Gasteiger partial charge in [-0.05, 0) is 25.2 Å². The number of aliphatic carboxylic acids is 1. The Bertz CT molecular complexity index is 673. The number of nitro benzene ring substituents is 1. The van der Waals surface area contributed by atoms with Crippen LogP contribution >= 0.6 is 11.8 Å². The number of nitro groups is 1. The average Bonchev–Trinajstić information content (AvgIpc) is 2.61. The molecule has 25 heavy (non-hydrogen) atoms. The van der Waals surface area contributed by atoms with Gasteiger partial charge in [0.25, 0.3) is 11.6 Å². The maximum atomic E-state index is 12.5. The van der Waals surface area contributed by atoms with Gasteiger partial charge in [0, 0.05) is 6.54 Å². The molecule has 1 rings (SSSR count). The van der Waals surface area contributed by atoms with Gasteiger partial charge in [-0.1, -0.05) is 13.8 Å². The van der Waals surface area contributed by atoms with Gasteiger partial charge in [0.1, 0.15) is 11.3 Å². The monoisotopic (exact) mass is 370 g/mol. The van der Waals surface area contributed by atoms with Crippen LogP contribution in [0, 0.1) is 15.5 Å². The number of carboxylic acid groups (broad SMARTS) is 1. The highest BCUT2D eigenvalue weighted by molar-refractivity contribution is 7.98. The van der Waals surface area contributed by atoms with E-state index in [9.17, 15) is 24.8 Å². The maximum Gasteiger partial charge on any atom is 0.311 e. The largest absolute Gasteiger partial charge is 0.495 e. The predicted octanol–water partition coefficient (Wildman–Crippen LogP) is 2.95. The van der Waals surface area contributed by atoms with E-state index in [4.69, 9.17) is 4.74 Å². The number of carbonyl (C=O) groups excluding carboxylic acids is 1. The predicted molar refractivity (Wildman–Crippen MR) is 94.4 cm³/mol. The lowest BCUT2D eigenvalue weighted by Gasteiger charge is -2.26. The molecule has 0 aliphatic heterocycles. The first-order chi connectivity index (χ1) is 11.8. The molecule has 9 heteroatoms. The maximum absolute atomic E-state index is 12.5. The van der Waals surface area contributed by atoms with E-state index < -0.39 is 22.2 Å². The van der Waals surface area contributed by atoms with E-state index in [1.807, 2.05) is 0 Å². The van der Waals surface area contributed by atoms with Crippen molar-refractivity contribution in [2.75, 3.05) is 19.9 Å². The summed E-state index contributed by atoms with van der Waals surface area (Å²) in [5.74, 6) is -1.39. The molecule has 0 spiro atoms. The molecule has 0 aliphatic carbocycles. The van der Waals surface area contributed by atoms with Gasteiger partial charge in [-0.25, -0.2) is 0 Å². The van der Waals surface area contributed by atoms with Crippen LogP contribution in [0.1, 0.15) is 37.0 Å². The Balaban J connectivity index is 3.20. The Hall–Kier alpha value is -2.29. The molecule has 0 saturated carbocycles. The zero-order valence-corrected chi connectivity index (χ0v) is 15.4. The van der Waals surface area contributed by atoms with E-state index in [1.165, 1.54) is 31.0 Å². The van der Waals surface area contributed by atoms with Crippen molar-refractivity contribution in [2.24, 2.45) is 5.41 Å². The van der Waals surface area contributed by atoms with E-state index in [0.29, 0.717) is 23.5 Å². The number of nitrogens with zero attached hydrogens (tertiary/aromatic N) is 1. The number of hydrogen-bond acceptors (Lipinski definition) is 6. The molecule has 2 N–H and O–H groups in total. The standard InChI is InChI=1S/C16H22N2O6S/c1-5-16(6-2,15(20)21)9-17-14(19)10-7-13(25-4)12(24-3)8-11(10)18(22)23/h7-8H,5-6,9H2,1-4H3,(H,17,19)(H,20,21). The van der Waals surface area contributed by atoms with Crippen molar-refractivity contribution in [1.82, 2.24) is 5.32 Å². The van der Waals surface area contributed by atoms with Gasteiger partial charge in [0.05, 0.1) is 28.4 Å². The number of amides is 1. The molecule has 1 aromatic carbocycles. The Kier molecular flexibility index (Phi) is 7.22. The molecule has 138 valence electrons. The molecular weight excluding hydrogens is 348 g/mol. The van der Waals surface area contributed by atoms with Gasteiger partial charge in [0.15, 0.2) is 0 Å². The molecular formula is C16H22N2O6S. The minimum Gasteiger partial charge on any atom is -0.495 e. The summed E-state index contributed by atoms with van der Waals surface area (Å²) in [5.41, 5.74) is -1.61. The number of ether oxygens (including phenoxy) is 1. The molecule has 0 bridgehead atoms. The van der Waals surface area contributed by atoms with Crippen molar-refractivity contribution in [3.63, 3.8) is 0 Å². The SMILES string of the molecule is CCC(CC)(CNC(=O)c1cc(SC)c(OC)cc1[N+](=O)[O-])C(=O)O. The fourth-order valence-electron chi connectivity index (χ4n) is 2.42. The van der Waals surface area contributed by atoms with E-state index in [2.05, 4.69) is 5.32 Å². The third kappa shape index (κ3) is 4.41. The third-order valence-corrected chi connectivity index (χ3v) is 5.10. The van der Waals surface area contributed by atoms with E-state index in [-0.39, 0.29) is 17.8 Å². The van der Waals surface area contributed by atoms with Crippen molar-refractivity contribution in [1.29, 1.82) is 0 Å². The molecule has 1 aromatic rings. The molecule has 1 amide bonds. The molecule has 0 fully saturated rings. The fraction of sp³-hybridized carbons (Fsp3) is 0.500. The van der Waals surface area contributed by atoms with Crippen molar-refractivity contribution < 1.29 is 24.4 Å². The number of nitrogens with one attached hydrogen (secondary N) is 1. The Morgan fingerprint density at radius 1 is 1.36 bits per heavy atom. The normalized spacial score (nSPS) is 11.0. The molecule has 0 saturated heterocycles. The second-order valence-corrected chi connectivity index (χ2v) is 6.30. The molecule has 0 aromatic heterocycles.